The molecule has 1 aliphatic rings. The fourth-order valence-electron chi connectivity index (χ4n) is 1.54. The van der Waals surface area contributed by atoms with Crippen molar-refractivity contribution in [2.45, 2.75) is 18.6 Å². The first-order valence-electron chi connectivity index (χ1n) is 4.78. The van der Waals surface area contributed by atoms with E-state index in [-0.39, 0.29) is 5.91 Å². The minimum atomic E-state index is -3.56. The van der Waals surface area contributed by atoms with Crippen molar-refractivity contribution in [3.63, 3.8) is 0 Å². The van der Waals surface area contributed by atoms with Crippen molar-refractivity contribution in [3.8, 4) is 0 Å². The third-order valence-corrected chi connectivity index (χ3v) is 2.91. The molecule has 7 nitrogen and oxygen atoms in total. The Morgan fingerprint density at radius 3 is 2.62 bits per heavy atom. The molecule has 0 aromatic carbocycles. The third-order valence-electron chi connectivity index (χ3n) is 2.31. The molecule has 0 aliphatic carbocycles. The first-order chi connectivity index (χ1) is 7.35. The number of hydroxylamine groups is 2. The van der Waals surface area contributed by atoms with Crippen LogP contribution in [-0.2, 0) is 23.9 Å². The molecule has 94 valence electrons. The first-order valence-corrected chi connectivity index (χ1v) is 6.60. The minimum absolute atomic E-state index is 0.353. The van der Waals surface area contributed by atoms with Gasteiger partial charge in [0.05, 0.1) is 13.4 Å². The van der Waals surface area contributed by atoms with Crippen LogP contribution in [0.1, 0.15) is 6.42 Å². The molecule has 0 aromatic heterocycles. The molecule has 2 atom stereocenters. The first kappa shape index (κ1) is 13.4. The Kier molecular flexibility index (Phi) is 4.25. The summed E-state index contributed by atoms with van der Waals surface area (Å²) in [6.07, 6.45) is 0.772. The number of hydrogen-bond donors (Lipinski definition) is 1. The Balaban J connectivity index is 2.69. The van der Waals surface area contributed by atoms with Gasteiger partial charge in [0.15, 0.2) is 0 Å². The van der Waals surface area contributed by atoms with E-state index in [1.54, 1.807) is 0 Å². The van der Waals surface area contributed by atoms with Crippen molar-refractivity contribution in [2.75, 3.05) is 27.0 Å². The van der Waals surface area contributed by atoms with Crippen molar-refractivity contribution in [1.29, 1.82) is 0 Å². The molecule has 16 heavy (non-hydrogen) atoms. The molecular formula is C8H16N2O5S. The zero-order valence-corrected chi connectivity index (χ0v) is 10.3. The quantitative estimate of drug-likeness (QED) is 0.495. The molecule has 1 N–H and O–H groups in total. The van der Waals surface area contributed by atoms with Crippen molar-refractivity contribution >= 4 is 16.0 Å². The number of nitrogens with one attached hydrogen (secondary N) is 1. The van der Waals surface area contributed by atoms with Gasteiger partial charge in [-0.25, -0.2) is 5.06 Å². The summed E-state index contributed by atoms with van der Waals surface area (Å²) in [5, 5.41) is 3.93. The van der Waals surface area contributed by atoms with Gasteiger partial charge in [0.2, 0.25) is 0 Å². The Morgan fingerprint density at radius 2 is 2.12 bits per heavy atom. The van der Waals surface area contributed by atoms with Crippen molar-refractivity contribution in [2.24, 2.45) is 0 Å². The maximum Gasteiger partial charge on any atom is 0.265 e. The second-order valence-electron chi connectivity index (χ2n) is 3.58. The van der Waals surface area contributed by atoms with Gasteiger partial charge < -0.3 is 5.32 Å². The van der Waals surface area contributed by atoms with E-state index < -0.39 is 22.3 Å². The molecule has 0 radical (unpaired) electrons. The van der Waals surface area contributed by atoms with E-state index in [4.69, 9.17) is 9.02 Å². The third kappa shape index (κ3) is 3.41. The fraction of sp³-hybridized carbons (Fsp3) is 0.875. The number of hydrogen-bond acceptors (Lipinski definition) is 6. The Morgan fingerprint density at radius 1 is 1.50 bits per heavy atom. The van der Waals surface area contributed by atoms with Crippen LogP contribution in [0.25, 0.3) is 0 Å². The number of carbonyl (C=O) groups is 1. The summed E-state index contributed by atoms with van der Waals surface area (Å²) in [7, 11) is -0.739. The van der Waals surface area contributed by atoms with Crippen LogP contribution in [0.4, 0.5) is 0 Å². The average Bonchev–Trinajstić information content (AvgIpc) is 2.60. The van der Waals surface area contributed by atoms with Crippen LogP contribution in [-0.4, -0.2) is 58.5 Å². The summed E-state index contributed by atoms with van der Waals surface area (Å²) in [4.78, 5) is 16.5. The second-order valence-corrected chi connectivity index (χ2v) is 5.18. The lowest BCUT2D eigenvalue weighted by Crippen LogP contribution is -2.47. The molecule has 0 saturated carbocycles. The average molecular weight is 252 g/mol. The van der Waals surface area contributed by atoms with Crippen LogP contribution in [0.2, 0.25) is 0 Å². The number of amides is 1. The van der Waals surface area contributed by atoms with Crippen LogP contribution < -0.4 is 5.32 Å². The van der Waals surface area contributed by atoms with Gasteiger partial charge in [0.1, 0.15) is 12.1 Å². The standard InChI is InChI=1S/C8H16N2O5S/c1-10(14-2)8(11)7-6(4-5-9-7)15-16(3,12)13/h6-7,9H,4-5H2,1-3H3. The molecular weight excluding hydrogens is 236 g/mol. The summed E-state index contributed by atoms with van der Waals surface area (Å²) >= 11 is 0. The van der Waals surface area contributed by atoms with Gasteiger partial charge in [-0.1, -0.05) is 0 Å². The van der Waals surface area contributed by atoms with Gasteiger partial charge in [-0.3, -0.25) is 13.8 Å². The van der Waals surface area contributed by atoms with Gasteiger partial charge in [0.25, 0.3) is 16.0 Å². The van der Waals surface area contributed by atoms with Crippen molar-refractivity contribution in [3.05, 3.63) is 0 Å². The number of rotatable bonds is 4. The molecule has 1 heterocycles. The molecule has 0 spiro atoms. The highest BCUT2D eigenvalue weighted by Crippen LogP contribution is 2.15. The van der Waals surface area contributed by atoms with Gasteiger partial charge >= 0.3 is 0 Å². The Bertz CT molecular complexity index is 355. The number of nitrogens with zero attached hydrogens (tertiary/aromatic N) is 1. The van der Waals surface area contributed by atoms with Gasteiger partial charge in [-0.2, -0.15) is 8.42 Å². The summed E-state index contributed by atoms with van der Waals surface area (Å²) in [5.41, 5.74) is 0. The molecule has 1 aliphatic heterocycles. The van der Waals surface area contributed by atoms with E-state index in [1.165, 1.54) is 14.2 Å². The molecule has 0 aromatic rings. The number of carbonyl (C=O) groups excluding carboxylic acids is 1. The lowest BCUT2D eigenvalue weighted by atomic mass is 10.1. The van der Waals surface area contributed by atoms with E-state index in [0.717, 1.165) is 11.3 Å². The highest BCUT2D eigenvalue weighted by atomic mass is 32.2. The van der Waals surface area contributed by atoms with Crippen molar-refractivity contribution < 1.29 is 22.2 Å². The predicted molar refractivity (Wildman–Crippen MR) is 55.9 cm³/mol. The lowest BCUT2D eigenvalue weighted by molar-refractivity contribution is -0.172. The number of likely N-dealkylation sites (N-methyl/N-ethyl adjacent to an activating group) is 1. The summed E-state index contributed by atoms with van der Waals surface area (Å²) in [6, 6.07) is -0.681. The maximum absolute atomic E-state index is 11.7. The molecule has 0 bridgehead atoms. The predicted octanol–water partition coefficient (Wildman–Crippen LogP) is -1.29. The second kappa shape index (κ2) is 5.09. The SMILES string of the molecule is CON(C)C(=O)C1NCCC1OS(C)(=O)=O. The minimum Gasteiger partial charge on any atom is -0.303 e. The monoisotopic (exact) mass is 252 g/mol. The molecule has 1 amide bonds. The van der Waals surface area contributed by atoms with E-state index in [9.17, 15) is 13.2 Å². The lowest BCUT2D eigenvalue weighted by Gasteiger charge is -2.22. The molecule has 2 unspecified atom stereocenters. The largest absolute Gasteiger partial charge is 0.303 e. The van der Waals surface area contributed by atoms with Crippen LogP contribution >= 0.6 is 0 Å². The van der Waals surface area contributed by atoms with E-state index in [1.807, 2.05) is 0 Å². The van der Waals surface area contributed by atoms with Gasteiger partial charge in [0, 0.05) is 7.05 Å². The highest BCUT2D eigenvalue weighted by Gasteiger charge is 2.37. The van der Waals surface area contributed by atoms with Crippen LogP contribution in [0.15, 0.2) is 0 Å². The Labute approximate surface area is 94.8 Å². The smallest absolute Gasteiger partial charge is 0.265 e. The summed E-state index contributed by atoms with van der Waals surface area (Å²) in [6.45, 7) is 0.536. The highest BCUT2D eigenvalue weighted by molar-refractivity contribution is 7.86. The maximum atomic E-state index is 11.7. The van der Waals surface area contributed by atoms with Crippen LogP contribution in [0, 0.1) is 0 Å². The molecule has 1 saturated heterocycles. The molecule has 1 rings (SSSR count). The van der Waals surface area contributed by atoms with Crippen LogP contribution in [0.3, 0.4) is 0 Å². The zero-order chi connectivity index (χ0) is 12.3. The van der Waals surface area contributed by atoms with Crippen molar-refractivity contribution in [1.82, 2.24) is 10.4 Å². The normalized spacial score (nSPS) is 25.7. The Hall–Kier alpha value is -0.700. The van der Waals surface area contributed by atoms with Gasteiger partial charge in [-0.05, 0) is 13.0 Å². The van der Waals surface area contributed by atoms with Crippen LogP contribution in [0.5, 0.6) is 0 Å². The zero-order valence-electron chi connectivity index (χ0n) is 9.47. The van der Waals surface area contributed by atoms with Gasteiger partial charge in [-0.15, -0.1) is 0 Å². The molecule has 8 heteroatoms. The van der Waals surface area contributed by atoms with E-state index >= 15 is 0 Å². The van der Waals surface area contributed by atoms with E-state index in [0.29, 0.717) is 13.0 Å². The molecule has 1 fully saturated rings. The topological polar surface area (TPSA) is 84.9 Å². The fourth-order valence-corrected chi connectivity index (χ4v) is 2.20. The summed E-state index contributed by atoms with van der Waals surface area (Å²) < 4.78 is 26.8. The summed E-state index contributed by atoms with van der Waals surface area (Å²) in [5.74, 6) is -0.353. The van der Waals surface area contributed by atoms with E-state index in [2.05, 4.69) is 5.32 Å².